The Hall–Kier alpha value is -6.36. The fourth-order valence-corrected chi connectivity index (χ4v) is 9.12. The van der Waals surface area contributed by atoms with Gasteiger partial charge in [0.15, 0.2) is 17.6 Å². The number of amides is 2. The topological polar surface area (TPSA) is 127 Å². The minimum atomic E-state index is -1.22. The Morgan fingerprint density at radius 2 is 1.54 bits per heavy atom. The van der Waals surface area contributed by atoms with Gasteiger partial charge in [-0.05, 0) is 125 Å². The van der Waals surface area contributed by atoms with Gasteiger partial charge in [-0.3, -0.25) is 14.6 Å². The molecule has 1 aromatic heterocycles. The number of ether oxygens (including phenoxy) is 3. The molecule has 10 nitrogen and oxygen atoms in total. The molecule has 6 aromatic rings. The van der Waals surface area contributed by atoms with E-state index in [0.717, 1.165) is 61.3 Å². The van der Waals surface area contributed by atoms with Crippen molar-refractivity contribution in [1.82, 2.24) is 15.2 Å². The van der Waals surface area contributed by atoms with Crippen LogP contribution >= 0.6 is 23.2 Å². The van der Waals surface area contributed by atoms with Crippen LogP contribution in [0.15, 0.2) is 115 Å². The number of halogens is 2. The van der Waals surface area contributed by atoms with Crippen LogP contribution in [-0.4, -0.2) is 51.5 Å². The monoisotopic (exact) mass is 881 g/mol. The Kier molecular flexibility index (Phi) is 11.8. The lowest BCUT2D eigenvalue weighted by Crippen LogP contribution is -2.57. The van der Waals surface area contributed by atoms with E-state index in [2.05, 4.69) is 10.3 Å². The zero-order valence-electron chi connectivity index (χ0n) is 34.8. The number of fused-ring (bicyclic) bond motifs is 3. The van der Waals surface area contributed by atoms with Gasteiger partial charge < -0.3 is 29.5 Å². The van der Waals surface area contributed by atoms with E-state index in [9.17, 15) is 19.5 Å². The van der Waals surface area contributed by atoms with Gasteiger partial charge in [-0.25, -0.2) is 4.79 Å². The summed E-state index contributed by atoms with van der Waals surface area (Å²) >= 11 is 12.2. The summed E-state index contributed by atoms with van der Waals surface area (Å²) < 4.78 is 18.8. The van der Waals surface area contributed by atoms with E-state index >= 15 is 0 Å². The molecule has 320 valence electrons. The summed E-state index contributed by atoms with van der Waals surface area (Å²) in [6, 6.07) is 32.3. The van der Waals surface area contributed by atoms with Gasteiger partial charge in [-0.15, -0.1) is 0 Å². The number of carbonyl (C=O) groups is 3. The second-order valence-electron chi connectivity index (χ2n) is 16.5. The highest BCUT2D eigenvalue weighted by Crippen LogP contribution is 2.42. The summed E-state index contributed by atoms with van der Waals surface area (Å²) in [7, 11) is 0. The molecule has 0 saturated heterocycles. The van der Waals surface area contributed by atoms with E-state index in [1.807, 2.05) is 111 Å². The Morgan fingerprint density at radius 1 is 0.825 bits per heavy atom. The van der Waals surface area contributed by atoms with Gasteiger partial charge in [0.2, 0.25) is 11.8 Å². The predicted octanol–water partition coefficient (Wildman–Crippen LogP) is 9.24. The molecule has 2 N–H and O–H groups in total. The standard InChI is InChI=1S/C51H45Cl2N3O7/c1-29-30(2)54-18-17-41(29)33-10-7-31(8-11-33)20-44(51(59)60)55-49(57)45-23-37-24-46-47(25-39(37)26-56(45)50(58)38-21-35-5-3-4-6-36(35)22-38)63-48(28-62-46)34-12-14-40(15-13-34)61-27-32-9-16-42(52)43(53)19-32/h3-19,24-25,38,44-45,48H,20-23,26-28H2,1-2H3,(H,55,57)(H,59,60)/t44-,45-,48+/m0/s1. The maximum absolute atomic E-state index is 14.6. The molecule has 0 fully saturated rings. The summed E-state index contributed by atoms with van der Waals surface area (Å²) in [5.41, 5.74) is 10.5. The van der Waals surface area contributed by atoms with Crippen molar-refractivity contribution in [2.75, 3.05) is 6.61 Å². The molecule has 5 aromatic carbocycles. The summed E-state index contributed by atoms with van der Waals surface area (Å²) in [4.78, 5) is 47.6. The van der Waals surface area contributed by atoms with Crippen molar-refractivity contribution >= 4 is 41.0 Å². The number of carboxylic acid groups (broad SMARTS) is 1. The minimum Gasteiger partial charge on any atom is -0.489 e. The smallest absolute Gasteiger partial charge is 0.326 e. The van der Waals surface area contributed by atoms with Gasteiger partial charge in [0.1, 0.15) is 31.0 Å². The second kappa shape index (κ2) is 17.8. The van der Waals surface area contributed by atoms with Crippen LogP contribution in [0.3, 0.4) is 0 Å². The molecule has 0 bridgehead atoms. The van der Waals surface area contributed by atoms with Crippen LogP contribution in [-0.2, 0) is 53.2 Å². The van der Waals surface area contributed by atoms with Gasteiger partial charge in [-0.2, -0.15) is 0 Å². The van der Waals surface area contributed by atoms with E-state index in [-0.39, 0.29) is 37.8 Å². The average molecular weight is 883 g/mol. The molecule has 3 aliphatic rings. The molecule has 3 atom stereocenters. The highest BCUT2D eigenvalue weighted by Gasteiger charge is 2.41. The number of aliphatic carboxylic acids is 1. The number of carboxylic acids is 1. The highest BCUT2D eigenvalue weighted by atomic mass is 35.5. The molecule has 0 radical (unpaired) electrons. The summed E-state index contributed by atoms with van der Waals surface area (Å²) in [6.45, 7) is 4.73. The van der Waals surface area contributed by atoms with E-state index < -0.39 is 30.1 Å². The Balaban J connectivity index is 0.921. The number of benzene rings is 5. The van der Waals surface area contributed by atoms with Crippen molar-refractivity contribution in [3.8, 4) is 28.4 Å². The van der Waals surface area contributed by atoms with Gasteiger partial charge in [0.25, 0.3) is 0 Å². The molecule has 63 heavy (non-hydrogen) atoms. The average Bonchev–Trinajstić information content (AvgIpc) is 3.74. The van der Waals surface area contributed by atoms with E-state index in [4.69, 9.17) is 37.4 Å². The zero-order chi connectivity index (χ0) is 43.8. The summed E-state index contributed by atoms with van der Waals surface area (Å²) in [5, 5.41) is 14.1. The first kappa shape index (κ1) is 42.0. The van der Waals surface area contributed by atoms with E-state index in [1.54, 1.807) is 23.2 Å². The van der Waals surface area contributed by atoms with Gasteiger partial charge in [-0.1, -0.05) is 89.9 Å². The summed E-state index contributed by atoms with van der Waals surface area (Å²) in [5.74, 6) is -0.405. The quantitative estimate of drug-likeness (QED) is 0.132. The van der Waals surface area contributed by atoms with Crippen LogP contribution in [0.2, 0.25) is 10.0 Å². The number of rotatable bonds is 11. The largest absolute Gasteiger partial charge is 0.489 e. The molecule has 9 rings (SSSR count). The highest BCUT2D eigenvalue weighted by molar-refractivity contribution is 6.42. The molecular weight excluding hydrogens is 837 g/mol. The van der Waals surface area contributed by atoms with Crippen LogP contribution in [0.25, 0.3) is 11.1 Å². The fraction of sp³-hybridized carbons (Fsp3) is 0.255. The molecule has 1 aliphatic carbocycles. The summed E-state index contributed by atoms with van der Waals surface area (Å²) in [6.07, 6.45) is 2.77. The number of aromatic nitrogens is 1. The van der Waals surface area contributed by atoms with Gasteiger partial charge in [0.05, 0.1) is 10.0 Å². The number of hydrogen-bond donors (Lipinski definition) is 2. The first-order valence-corrected chi connectivity index (χ1v) is 21.8. The number of pyridine rings is 1. The maximum Gasteiger partial charge on any atom is 0.326 e. The second-order valence-corrected chi connectivity index (χ2v) is 17.3. The fourth-order valence-electron chi connectivity index (χ4n) is 8.80. The van der Waals surface area contributed by atoms with Crippen LogP contribution in [0.5, 0.6) is 17.2 Å². The zero-order valence-corrected chi connectivity index (χ0v) is 36.3. The third kappa shape index (κ3) is 8.96. The number of aryl methyl sites for hydroxylation is 1. The molecule has 0 saturated carbocycles. The Morgan fingerprint density at radius 3 is 2.25 bits per heavy atom. The maximum atomic E-state index is 14.6. The molecular formula is C51H45Cl2N3O7. The normalized spacial score (nSPS) is 17.0. The van der Waals surface area contributed by atoms with E-state index in [0.29, 0.717) is 46.7 Å². The van der Waals surface area contributed by atoms with Crippen molar-refractivity contribution in [3.63, 3.8) is 0 Å². The van der Waals surface area contributed by atoms with E-state index in [1.165, 1.54) is 0 Å². The Bertz CT molecular complexity index is 2700. The first-order valence-electron chi connectivity index (χ1n) is 21.0. The molecule has 2 amide bonds. The van der Waals surface area contributed by atoms with Crippen molar-refractivity contribution in [3.05, 3.63) is 176 Å². The van der Waals surface area contributed by atoms with Crippen LogP contribution in [0.4, 0.5) is 0 Å². The third-order valence-electron chi connectivity index (χ3n) is 12.5. The molecule has 0 unspecified atom stereocenters. The lowest BCUT2D eigenvalue weighted by atomic mass is 9.90. The first-order chi connectivity index (χ1) is 30.5. The van der Waals surface area contributed by atoms with Crippen LogP contribution in [0, 0.1) is 19.8 Å². The molecule has 2 aliphatic heterocycles. The lowest BCUT2D eigenvalue weighted by molar-refractivity contribution is -0.147. The van der Waals surface area contributed by atoms with Crippen molar-refractivity contribution in [2.24, 2.45) is 5.92 Å². The molecule has 3 heterocycles. The minimum absolute atomic E-state index is 0.0687. The molecule has 12 heteroatoms. The van der Waals surface area contributed by atoms with Crippen molar-refractivity contribution < 1.29 is 33.7 Å². The molecule has 0 spiro atoms. The number of nitrogens with one attached hydrogen (secondary N) is 1. The van der Waals surface area contributed by atoms with Gasteiger partial charge >= 0.3 is 5.97 Å². The van der Waals surface area contributed by atoms with Gasteiger partial charge in [0, 0.05) is 37.2 Å². The van der Waals surface area contributed by atoms with Crippen molar-refractivity contribution in [1.29, 1.82) is 0 Å². The van der Waals surface area contributed by atoms with Crippen LogP contribution < -0.4 is 19.5 Å². The number of carbonyl (C=O) groups excluding carboxylic acids is 2. The van der Waals surface area contributed by atoms with Crippen molar-refractivity contribution in [2.45, 2.75) is 70.9 Å². The third-order valence-corrected chi connectivity index (χ3v) is 13.2. The van der Waals surface area contributed by atoms with Crippen LogP contribution in [0.1, 0.15) is 56.3 Å². The predicted molar refractivity (Wildman–Crippen MR) is 240 cm³/mol. The lowest BCUT2D eigenvalue weighted by Gasteiger charge is -2.39. The number of hydrogen-bond acceptors (Lipinski definition) is 7. The Labute approximate surface area is 375 Å². The SMILES string of the molecule is Cc1nccc(-c2ccc(C[C@H](NC(=O)[C@@H]3Cc4cc5c(cc4CN3C(=O)C3Cc4ccccc4C3)O[C@@H](c3ccc(OCc4ccc(Cl)c(Cl)c4)cc3)CO5)C(=O)O)cc2)c1C. The number of nitrogens with zero attached hydrogens (tertiary/aromatic N) is 2.